The summed E-state index contributed by atoms with van der Waals surface area (Å²) < 4.78 is 24.2. The smallest absolute Gasteiger partial charge is 0.304 e. The lowest BCUT2D eigenvalue weighted by Gasteiger charge is -2.25. The number of benzene rings is 1. The molecule has 1 unspecified atom stereocenters. The van der Waals surface area contributed by atoms with Crippen molar-refractivity contribution in [1.82, 2.24) is 0 Å². The highest BCUT2D eigenvalue weighted by molar-refractivity contribution is 5.70. The second kappa shape index (κ2) is 4.72. The van der Waals surface area contributed by atoms with Crippen molar-refractivity contribution in [2.24, 2.45) is 0 Å². The maximum absolute atomic E-state index is 13.5. The molecule has 1 N–H and O–H groups in total. The zero-order valence-corrected chi connectivity index (χ0v) is 11.2. The van der Waals surface area contributed by atoms with E-state index in [9.17, 15) is 9.18 Å². The fraction of sp³-hybridized carbons (Fsp3) is 0.500. The molecule has 1 aliphatic rings. The summed E-state index contributed by atoms with van der Waals surface area (Å²) in [5.74, 6) is 0.0995. The van der Waals surface area contributed by atoms with Gasteiger partial charge in [0.05, 0.1) is 6.42 Å². The molecule has 0 fully saturated rings. The highest BCUT2D eigenvalue weighted by Crippen LogP contribution is 2.45. The minimum Gasteiger partial charge on any atom is -0.481 e. The van der Waals surface area contributed by atoms with Crippen LogP contribution in [-0.2, 0) is 10.2 Å². The molecule has 0 radical (unpaired) electrons. The van der Waals surface area contributed by atoms with Crippen molar-refractivity contribution in [3.63, 3.8) is 0 Å². The van der Waals surface area contributed by atoms with Crippen molar-refractivity contribution in [2.75, 3.05) is 6.79 Å². The fourth-order valence-electron chi connectivity index (χ4n) is 2.24. The number of hydrogen-bond donors (Lipinski definition) is 1. The van der Waals surface area contributed by atoms with Crippen molar-refractivity contribution >= 4 is 5.97 Å². The Morgan fingerprint density at radius 1 is 1.47 bits per heavy atom. The van der Waals surface area contributed by atoms with Crippen LogP contribution in [0.2, 0.25) is 0 Å². The maximum Gasteiger partial charge on any atom is 0.304 e. The molecule has 1 atom stereocenters. The Balaban J connectivity index is 2.52. The molecule has 1 aromatic carbocycles. The van der Waals surface area contributed by atoms with E-state index in [4.69, 9.17) is 14.6 Å². The SMILES string of the molecule is CC(F)c1cc2c(c(C(C)(C)CC(=O)O)c1)OCO2. The minimum absolute atomic E-state index is 0.0626. The van der Waals surface area contributed by atoms with E-state index in [0.717, 1.165) is 0 Å². The molecule has 0 aliphatic carbocycles. The predicted molar refractivity (Wildman–Crippen MR) is 67.4 cm³/mol. The summed E-state index contributed by atoms with van der Waals surface area (Å²) in [6, 6.07) is 3.27. The number of rotatable bonds is 4. The van der Waals surface area contributed by atoms with E-state index >= 15 is 0 Å². The van der Waals surface area contributed by atoms with E-state index in [1.807, 2.05) is 0 Å². The number of hydrogen-bond acceptors (Lipinski definition) is 3. The summed E-state index contributed by atoms with van der Waals surface area (Å²) >= 11 is 0. The first kappa shape index (κ1) is 13.6. The molecular weight excluding hydrogens is 251 g/mol. The number of fused-ring (bicyclic) bond motifs is 1. The van der Waals surface area contributed by atoms with Crippen molar-refractivity contribution in [2.45, 2.75) is 38.8 Å². The van der Waals surface area contributed by atoms with Gasteiger partial charge in [-0.15, -0.1) is 0 Å². The molecule has 4 nitrogen and oxygen atoms in total. The molecule has 0 amide bonds. The molecule has 2 rings (SSSR count). The maximum atomic E-state index is 13.5. The molecule has 0 bridgehead atoms. The number of carboxylic acid groups (broad SMARTS) is 1. The third-order valence-electron chi connectivity index (χ3n) is 3.28. The molecule has 1 aliphatic heterocycles. The van der Waals surface area contributed by atoms with E-state index in [1.165, 1.54) is 6.92 Å². The Bertz CT molecular complexity index is 508. The second-order valence-electron chi connectivity index (χ2n) is 5.37. The van der Waals surface area contributed by atoms with Gasteiger partial charge in [0.1, 0.15) is 6.17 Å². The van der Waals surface area contributed by atoms with Crippen LogP contribution < -0.4 is 9.47 Å². The summed E-state index contributed by atoms with van der Waals surface area (Å²) in [6.07, 6.45) is -1.21. The molecule has 0 saturated heterocycles. The van der Waals surface area contributed by atoms with Crippen LogP contribution in [0.3, 0.4) is 0 Å². The van der Waals surface area contributed by atoms with E-state index in [2.05, 4.69) is 0 Å². The third-order valence-corrected chi connectivity index (χ3v) is 3.28. The normalized spacial score (nSPS) is 15.4. The van der Waals surface area contributed by atoms with Crippen molar-refractivity contribution in [3.05, 3.63) is 23.3 Å². The van der Waals surface area contributed by atoms with Gasteiger partial charge in [0.25, 0.3) is 0 Å². The molecule has 0 saturated carbocycles. The quantitative estimate of drug-likeness (QED) is 0.911. The van der Waals surface area contributed by atoms with Crippen LogP contribution in [-0.4, -0.2) is 17.9 Å². The van der Waals surface area contributed by atoms with Crippen LogP contribution >= 0.6 is 0 Å². The molecule has 1 heterocycles. The summed E-state index contributed by atoms with van der Waals surface area (Å²) in [5.41, 5.74) is 0.483. The van der Waals surface area contributed by atoms with Crippen molar-refractivity contribution < 1.29 is 23.8 Å². The average Bonchev–Trinajstić information content (AvgIpc) is 2.72. The fourth-order valence-corrected chi connectivity index (χ4v) is 2.24. The van der Waals surface area contributed by atoms with E-state index < -0.39 is 17.6 Å². The van der Waals surface area contributed by atoms with Gasteiger partial charge in [-0.05, 0) is 24.6 Å². The highest BCUT2D eigenvalue weighted by Gasteiger charge is 2.32. The molecule has 1 aromatic rings. The Labute approximate surface area is 111 Å². The highest BCUT2D eigenvalue weighted by atomic mass is 19.1. The van der Waals surface area contributed by atoms with Gasteiger partial charge in [0.2, 0.25) is 6.79 Å². The molecule has 5 heteroatoms. The van der Waals surface area contributed by atoms with Gasteiger partial charge in [0.15, 0.2) is 11.5 Å². The van der Waals surface area contributed by atoms with Crippen LogP contribution in [0.1, 0.15) is 44.5 Å². The first-order chi connectivity index (χ1) is 8.81. The molecule has 0 spiro atoms. The number of carboxylic acids is 1. The van der Waals surface area contributed by atoms with Crippen LogP contribution in [0.15, 0.2) is 12.1 Å². The zero-order chi connectivity index (χ0) is 14.2. The lowest BCUT2D eigenvalue weighted by atomic mass is 9.80. The third kappa shape index (κ3) is 2.64. The topological polar surface area (TPSA) is 55.8 Å². The Morgan fingerprint density at radius 2 is 2.16 bits per heavy atom. The number of carbonyl (C=O) groups is 1. The Hall–Kier alpha value is -1.78. The number of alkyl halides is 1. The molecule has 19 heavy (non-hydrogen) atoms. The van der Waals surface area contributed by atoms with Gasteiger partial charge in [-0.1, -0.05) is 13.8 Å². The largest absolute Gasteiger partial charge is 0.481 e. The van der Waals surface area contributed by atoms with Gasteiger partial charge in [-0.3, -0.25) is 4.79 Å². The summed E-state index contributed by atoms with van der Waals surface area (Å²) in [7, 11) is 0. The molecular formula is C14H17FO4. The number of halogens is 1. The van der Waals surface area contributed by atoms with Crippen LogP contribution in [0, 0.1) is 0 Å². The Morgan fingerprint density at radius 3 is 2.74 bits per heavy atom. The van der Waals surface area contributed by atoms with Crippen molar-refractivity contribution in [1.29, 1.82) is 0 Å². The van der Waals surface area contributed by atoms with Gasteiger partial charge < -0.3 is 14.6 Å². The zero-order valence-electron chi connectivity index (χ0n) is 11.2. The van der Waals surface area contributed by atoms with Gasteiger partial charge in [-0.2, -0.15) is 0 Å². The summed E-state index contributed by atoms with van der Waals surface area (Å²) in [4.78, 5) is 11.0. The lowest BCUT2D eigenvalue weighted by Crippen LogP contribution is -2.22. The molecule has 104 valence electrons. The molecule has 0 aromatic heterocycles. The first-order valence-corrected chi connectivity index (χ1v) is 6.11. The van der Waals surface area contributed by atoms with Gasteiger partial charge in [0, 0.05) is 11.0 Å². The summed E-state index contributed by atoms with van der Waals surface area (Å²) in [5, 5.41) is 8.99. The van der Waals surface area contributed by atoms with E-state index in [1.54, 1.807) is 26.0 Å². The average molecular weight is 268 g/mol. The second-order valence-corrected chi connectivity index (χ2v) is 5.37. The van der Waals surface area contributed by atoms with Crippen LogP contribution in [0.5, 0.6) is 11.5 Å². The van der Waals surface area contributed by atoms with Gasteiger partial charge >= 0.3 is 5.97 Å². The van der Waals surface area contributed by atoms with Crippen LogP contribution in [0.25, 0.3) is 0 Å². The van der Waals surface area contributed by atoms with Gasteiger partial charge in [-0.25, -0.2) is 4.39 Å². The monoisotopic (exact) mass is 268 g/mol. The Kier molecular flexibility index (Phi) is 3.39. The number of aliphatic carboxylic acids is 1. The minimum atomic E-state index is -1.14. The van der Waals surface area contributed by atoms with E-state index in [0.29, 0.717) is 22.6 Å². The van der Waals surface area contributed by atoms with Crippen LogP contribution in [0.4, 0.5) is 4.39 Å². The van der Waals surface area contributed by atoms with Crippen molar-refractivity contribution in [3.8, 4) is 11.5 Å². The lowest BCUT2D eigenvalue weighted by molar-refractivity contribution is -0.138. The standard InChI is InChI=1S/C14H17FO4/c1-8(15)9-4-10(14(2,3)6-12(16)17)13-11(5-9)18-7-19-13/h4-5,8H,6-7H2,1-3H3,(H,16,17). The summed E-state index contributed by atoms with van der Waals surface area (Å²) in [6.45, 7) is 5.11. The van der Waals surface area contributed by atoms with E-state index in [-0.39, 0.29) is 13.2 Å². The number of ether oxygens (including phenoxy) is 2. The first-order valence-electron chi connectivity index (χ1n) is 6.11. The predicted octanol–water partition coefficient (Wildman–Crippen LogP) is 3.20.